The van der Waals surface area contributed by atoms with Gasteiger partial charge in [-0.05, 0) is 43.9 Å². The highest BCUT2D eigenvalue weighted by atomic mass is 32.2. The zero-order chi connectivity index (χ0) is 23.3. The van der Waals surface area contributed by atoms with Crippen molar-refractivity contribution in [2.24, 2.45) is 5.92 Å². The van der Waals surface area contributed by atoms with Gasteiger partial charge in [-0.1, -0.05) is 0 Å². The monoisotopic (exact) mass is 486 g/mol. The summed E-state index contributed by atoms with van der Waals surface area (Å²) >= 11 is 1.32. The fourth-order valence-electron chi connectivity index (χ4n) is 4.88. The number of nitrogens with zero attached hydrogens (tertiary/aromatic N) is 2. The minimum atomic E-state index is -3.88. The number of aliphatic carboxylic acids is 1. The first-order valence-electron chi connectivity index (χ1n) is 10.3. The van der Waals surface area contributed by atoms with Crippen LogP contribution in [-0.4, -0.2) is 68.9 Å². The van der Waals surface area contributed by atoms with Crippen molar-refractivity contribution in [3.8, 4) is 5.75 Å². The van der Waals surface area contributed by atoms with Crippen molar-refractivity contribution in [2.75, 3.05) is 38.5 Å². The van der Waals surface area contributed by atoms with E-state index in [4.69, 9.17) is 14.6 Å². The number of carbonyl (C=O) groups is 1. The van der Waals surface area contributed by atoms with Crippen LogP contribution in [-0.2, 0) is 19.6 Å². The van der Waals surface area contributed by atoms with Gasteiger partial charge in [0.25, 0.3) is 0 Å². The molecule has 1 atom stereocenters. The van der Waals surface area contributed by atoms with Gasteiger partial charge in [0.1, 0.15) is 16.9 Å². The molecule has 3 aliphatic carbocycles. The lowest BCUT2D eigenvalue weighted by Crippen LogP contribution is -2.69. The number of anilines is 1. The summed E-state index contributed by atoms with van der Waals surface area (Å²) in [6.45, 7) is 0.994. The van der Waals surface area contributed by atoms with Crippen molar-refractivity contribution in [3.63, 3.8) is 0 Å². The molecular weight excluding hydrogens is 459 g/mol. The van der Waals surface area contributed by atoms with E-state index in [1.807, 2.05) is 0 Å². The van der Waals surface area contributed by atoms with Crippen LogP contribution >= 0.6 is 11.8 Å². The van der Waals surface area contributed by atoms with Gasteiger partial charge >= 0.3 is 5.97 Å². The summed E-state index contributed by atoms with van der Waals surface area (Å²) < 4.78 is 52.6. The third kappa shape index (κ3) is 3.78. The SMILES string of the molecule is COCC[C@@H]1CN(C23CC(C2)C3)c2cc(SC)c(O/C=C(\F)C(=O)O)cc2S(=O)(=O)N1C. The summed E-state index contributed by atoms with van der Waals surface area (Å²) in [5, 5.41) is 8.75. The van der Waals surface area contributed by atoms with Crippen molar-refractivity contribution < 1.29 is 32.2 Å². The van der Waals surface area contributed by atoms with Gasteiger partial charge in [-0.25, -0.2) is 13.2 Å². The lowest BCUT2D eigenvalue weighted by atomic mass is 9.49. The van der Waals surface area contributed by atoms with E-state index < -0.39 is 21.8 Å². The maximum atomic E-state index is 13.6. The third-order valence-corrected chi connectivity index (χ3v) is 9.53. The molecule has 1 aromatic rings. The summed E-state index contributed by atoms with van der Waals surface area (Å²) in [5.74, 6) is -2.42. The molecule has 0 radical (unpaired) electrons. The Labute approximate surface area is 191 Å². The molecule has 4 aliphatic rings. The summed E-state index contributed by atoms with van der Waals surface area (Å²) in [6, 6.07) is 2.88. The highest BCUT2D eigenvalue weighted by Crippen LogP contribution is 2.62. The number of halogens is 1. The summed E-state index contributed by atoms with van der Waals surface area (Å²) in [4.78, 5) is 13.7. The molecule has 32 heavy (non-hydrogen) atoms. The number of likely N-dealkylation sites (N-methyl/N-ethyl adjacent to an activating group) is 1. The number of benzene rings is 1. The molecule has 2 bridgehead atoms. The van der Waals surface area contributed by atoms with Crippen LogP contribution in [0.15, 0.2) is 34.0 Å². The Balaban J connectivity index is 1.83. The molecule has 0 spiro atoms. The molecule has 0 aromatic heterocycles. The van der Waals surface area contributed by atoms with Crippen molar-refractivity contribution in [1.82, 2.24) is 4.31 Å². The van der Waals surface area contributed by atoms with Crippen molar-refractivity contribution in [1.29, 1.82) is 0 Å². The Morgan fingerprint density at radius 3 is 2.59 bits per heavy atom. The number of rotatable bonds is 8. The van der Waals surface area contributed by atoms with E-state index in [0.29, 0.717) is 42.3 Å². The number of fused-ring (bicyclic) bond motifs is 1. The van der Waals surface area contributed by atoms with E-state index in [1.54, 1.807) is 26.5 Å². The molecule has 3 fully saturated rings. The van der Waals surface area contributed by atoms with Crippen LogP contribution in [0.2, 0.25) is 0 Å². The van der Waals surface area contributed by atoms with E-state index >= 15 is 0 Å². The Hall–Kier alpha value is -1.82. The maximum absolute atomic E-state index is 13.6. The largest absolute Gasteiger partial charge is 0.476 e. The minimum Gasteiger partial charge on any atom is -0.476 e. The van der Waals surface area contributed by atoms with Crippen LogP contribution in [0.1, 0.15) is 25.7 Å². The second-order valence-electron chi connectivity index (χ2n) is 8.63. The van der Waals surface area contributed by atoms with Gasteiger partial charge in [-0.15, -0.1) is 11.8 Å². The number of ether oxygens (including phenoxy) is 2. The van der Waals surface area contributed by atoms with Crippen LogP contribution in [0.4, 0.5) is 10.1 Å². The Morgan fingerprint density at radius 1 is 1.38 bits per heavy atom. The molecule has 8 nitrogen and oxygen atoms in total. The van der Waals surface area contributed by atoms with Gasteiger partial charge < -0.3 is 19.5 Å². The molecule has 1 aromatic carbocycles. The summed E-state index contributed by atoms with van der Waals surface area (Å²) in [5.41, 5.74) is 0.591. The zero-order valence-electron chi connectivity index (χ0n) is 18.2. The smallest absolute Gasteiger partial charge is 0.368 e. The molecule has 0 unspecified atom stereocenters. The first kappa shape index (κ1) is 23.3. The number of methoxy groups -OCH3 is 1. The van der Waals surface area contributed by atoms with Gasteiger partial charge in [0.05, 0.1) is 10.6 Å². The number of hydrogen-bond donors (Lipinski definition) is 1. The molecule has 5 rings (SSSR count). The topological polar surface area (TPSA) is 96.4 Å². The summed E-state index contributed by atoms with van der Waals surface area (Å²) in [7, 11) is -0.721. The molecule has 176 valence electrons. The highest BCUT2D eigenvalue weighted by Gasteiger charge is 2.61. The van der Waals surface area contributed by atoms with Gasteiger partial charge in [0, 0.05) is 45.0 Å². The maximum Gasteiger partial charge on any atom is 0.368 e. The normalized spacial score (nSPS) is 28.9. The van der Waals surface area contributed by atoms with Crippen LogP contribution in [0.25, 0.3) is 0 Å². The van der Waals surface area contributed by atoms with Crippen LogP contribution in [0.3, 0.4) is 0 Å². The second kappa shape index (κ2) is 8.51. The number of carboxylic acids is 1. The third-order valence-electron chi connectivity index (χ3n) is 6.83. The second-order valence-corrected chi connectivity index (χ2v) is 11.4. The Morgan fingerprint density at radius 2 is 2.06 bits per heavy atom. The van der Waals surface area contributed by atoms with Crippen molar-refractivity contribution >= 4 is 33.4 Å². The van der Waals surface area contributed by atoms with E-state index in [0.717, 1.165) is 19.3 Å². The Kier molecular flexibility index (Phi) is 6.21. The average molecular weight is 487 g/mol. The lowest BCUT2D eigenvalue weighted by Gasteiger charge is -2.67. The summed E-state index contributed by atoms with van der Waals surface area (Å²) in [6.07, 6.45) is 5.99. The predicted molar refractivity (Wildman–Crippen MR) is 118 cm³/mol. The average Bonchev–Trinajstić information content (AvgIpc) is 2.76. The van der Waals surface area contributed by atoms with Crippen LogP contribution in [0, 0.1) is 5.92 Å². The number of hydrogen-bond acceptors (Lipinski definition) is 7. The molecule has 0 saturated heterocycles. The number of thioether (sulfide) groups is 1. The standard InChI is InChI=1S/C21H27FN2O6S2/c1-23-14(4-5-29-2)11-24(21-8-13(9-21)10-21)16-6-18(31-3)17(7-19(16)32(23,27)28)30-12-15(22)20(25)26/h6-7,12-14H,4-5,8-11H2,1-3H3,(H,25,26)/b15-12-/t13?,14-,21?/m1/s1. The van der Waals surface area contributed by atoms with Crippen LogP contribution in [0.5, 0.6) is 5.75 Å². The molecular formula is C21H27FN2O6S2. The fraction of sp³-hybridized carbons (Fsp3) is 0.571. The molecule has 3 saturated carbocycles. The molecule has 1 aliphatic heterocycles. The van der Waals surface area contributed by atoms with Gasteiger partial charge in [-0.2, -0.15) is 8.70 Å². The van der Waals surface area contributed by atoms with E-state index in [2.05, 4.69) is 4.90 Å². The van der Waals surface area contributed by atoms with E-state index in [9.17, 15) is 17.6 Å². The first-order valence-corrected chi connectivity index (χ1v) is 13.0. The first-order chi connectivity index (χ1) is 15.1. The lowest BCUT2D eigenvalue weighted by molar-refractivity contribution is -0.134. The minimum absolute atomic E-state index is 0.0290. The molecule has 0 amide bonds. The molecule has 1 N–H and O–H groups in total. The Bertz CT molecular complexity index is 1040. The van der Waals surface area contributed by atoms with Crippen molar-refractivity contribution in [3.05, 3.63) is 24.2 Å². The fourth-order valence-corrected chi connectivity index (χ4v) is 6.98. The van der Waals surface area contributed by atoms with Gasteiger partial charge in [0.2, 0.25) is 15.9 Å². The highest BCUT2D eigenvalue weighted by molar-refractivity contribution is 7.98. The zero-order valence-corrected chi connectivity index (χ0v) is 19.8. The number of sulfonamides is 1. The predicted octanol–water partition coefficient (Wildman–Crippen LogP) is 3.08. The number of carboxylic acid groups (broad SMARTS) is 1. The van der Waals surface area contributed by atoms with Gasteiger partial charge in [-0.3, -0.25) is 0 Å². The van der Waals surface area contributed by atoms with Crippen LogP contribution < -0.4 is 9.64 Å². The van der Waals surface area contributed by atoms with Gasteiger partial charge in [0.15, 0.2) is 0 Å². The molecule has 11 heteroatoms. The van der Waals surface area contributed by atoms with Crippen molar-refractivity contribution in [2.45, 2.75) is 47.1 Å². The van der Waals surface area contributed by atoms with E-state index in [-0.39, 0.29) is 22.2 Å². The molecule has 1 heterocycles. The quantitative estimate of drug-likeness (QED) is 0.340. The van der Waals surface area contributed by atoms with E-state index in [1.165, 1.54) is 22.1 Å².